The van der Waals surface area contributed by atoms with Gasteiger partial charge in [-0.2, -0.15) is 0 Å². The fourth-order valence-corrected chi connectivity index (χ4v) is 4.23. The maximum Gasteiger partial charge on any atom is 0.410 e. The number of hydrogen-bond donors (Lipinski definition) is 3. The van der Waals surface area contributed by atoms with Gasteiger partial charge in [-0.15, -0.1) is 0 Å². The first kappa shape index (κ1) is 25.5. The summed E-state index contributed by atoms with van der Waals surface area (Å²) in [5.41, 5.74) is 0.734. The van der Waals surface area contributed by atoms with Crippen LogP contribution in [0.2, 0.25) is 0 Å². The lowest BCUT2D eigenvalue weighted by Crippen LogP contribution is -2.59. The Morgan fingerprint density at radius 3 is 2.38 bits per heavy atom. The number of hydrogen-bond acceptors (Lipinski definition) is 7. The fourth-order valence-electron chi connectivity index (χ4n) is 4.23. The van der Waals surface area contributed by atoms with Crippen LogP contribution >= 0.6 is 0 Å². The minimum Gasteiger partial charge on any atom is -0.444 e. The van der Waals surface area contributed by atoms with E-state index in [-0.39, 0.29) is 48.9 Å². The second kappa shape index (κ2) is 10.4. The molecule has 0 saturated carbocycles. The Balaban J connectivity index is 1.54. The van der Waals surface area contributed by atoms with Gasteiger partial charge < -0.3 is 20.3 Å². The minimum atomic E-state index is -0.553. The number of amides is 4. The number of nitrogens with zero attached hydrogens (tertiary/aromatic N) is 2. The molecule has 0 aliphatic carbocycles. The van der Waals surface area contributed by atoms with E-state index in [1.54, 1.807) is 29.2 Å². The smallest absolute Gasteiger partial charge is 0.410 e. The van der Waals surface area contributed by atoms with Gasteiger partial charge in [-0.1, -0.05) is 6.07 Å². The molecule has 186 valence electrons. The van der Waals surface area contributed by atoms with Crippen molar-refractivity contribution in [1.82, 2.24) is 15.1 Å². The molecule has 2 fully saturated rings. The molecule has 1 unspecified atom stereocenters. The summed E-state index contributed by atoms with van der Waals surface area (Å²) in [5.74, 6) is -0.777. The summed E-state index contributed by atoms with van der Waals surface area (Å²) < 4.78 is 5.49. The molecule has 0 radical (unpaired) electrons. The highest BCUT2D eigenvalue weighted by Crippen LogP contribution is 2.21. The third-order valence-corrected chi connectivity index (χ3v) is 5.81. The van der Waals surface area contributed by atoms with Crippen LogP contribution in [-0.2, 0) is 19.1 Å². The molecule has 2 saturated heterocycles. The zero-order valence-electron chi connectivity index (χ0n) is 20.5. The van der Waals surface area contributed by atoms with Crippen LogP contribution in [0.4, 0.5) is 16.2 Å². The molecule has 10 nitrogen and oxygen atoms in total. The topological polar surface area (TPSA) is 120 Å². The first-order valence-corrected chi connectivity index (χ1v) is 11.6. The highest BCUT2D eigenvalue weighted by Gasteiger charge is 2.34. The van der Waals surface area contributed by atoms with E-state index >= 15 is 0 Å². The number of piperidine rings is 1. The van der Waals surface area contributed by atoms with Crippen LogP contribution in [-0.4, -0.2) is 77.0 Å². The van der Waals surface area contributed by atoms with E-state index in [0.717, 1.165) is 0 Å². The Bertz CT molecular complexity index is 932. The summed E-state index contributed by atoms with van der Waals surface area (Å²) in [6, 6.07) is 6.61. The lowest BCUT2D eigenvalue weighted by Gasteiger charge is -2.44. The van der Waals surface area contributed by atoms with Gasteiger partial charge in [0.25, 0.3) is 0 Å². The monoisotopic (exact) mass is 473 g/mol. The Labute approximate surface area is 200 Å². The van der Waals surface area contributed by atoms with Gasteiger partial charge in [0.2, 0.25) is 17.7 Å². The summed E-state index contributed by atoms with van der Waals surface area (Å²) in [6.07, 6.45) is 0.375. The van der Waals surface area contributed by atoms with Gasteiger partial charge >= 0.3 is 6.09 Å². The third kappa shape index (κ3) is 6.93. The van der Waals surface area contributed by atoms with Gasteiger partial charge in [-0.3, -0.25) is 24.6 Å². The molecule has 2 aliphatic heterocycles. The summed E-state index contributed by atoms with van der Waals surface area (Å²) >= 11 is 0. The molecule has 2 heterocycles. The van der Waals surface area contributed by atoms with Crippen molar-refractivity contribution >= 4 is 35.2 Å². The van der Waals surface area contributed by atoms with E-state index in [0.29, 0.717) is 30.9 Å². The van der Waals surface area contributed by atoms with E-state index in [1.807, 2.05) is 34.6 Å². The molecule has 4 amide bonds. The Morgan fingerprint density at radius 2 is 1.76 bits per heavy atom. The molecule has 3 rings (SSSR count). The highest BCUT2D eigenvalue weighted by atomic mass is 16.6. The molecule has 10 heteroatoms. The average Bonchev–Trinajstić information content (AvgIpc) is 2.71. The zero-order chi connectivity index (χ0) is 25.0. The van der Waals surface area contributed by atoms with Gasteiger partial charge in [0.05, 0.1) is 6.54 Å². The quantitative estimate of drug-likeness (QED) is 0.561. The van der Waals surface area contributed by atoms with Gasteiger partial charge in [-0.05, 0) is 59.2 Å². The highest BCUT2D eigenvalue weighted by molar-refractivity contribution is 6.01. The largest absolute Gasteiger partial charge is 0.444 e. The number of carbonyl (C=O) groups is 4. The predicted octanol–water partition coefficient (Wildman–Crippen LogP) is 2.17. The molecular weight excluding hydrogens is 438 g/mol. The number of nitrogens with one attached hydrogen (secondary N) is 3. The Hall–Kier alpha value is -3.14. The number of carbonyl (C=O) groups excluding carboxylic acids is 4. The van der Waals surface area contributed by atoms with Crippen LogP contribution < -0.4 is 16.0 Å². The van der Waals surface area contributed by atoms with Crippen LogP contribution in [0.5, 0.6) is 0 Å². The second-order valence-corrected chi connectivity index (χ2v) is 10.0. The third-order valence-electron chi connectivity index (χ3n) is 5.81. The summed E-state index contributed by atoms with van der Waals surface area (Å²) in [6.45, 7) is 10.7. The molecule has 1 aromatic rings. The molecule has 3 N–H and O–H groups in total. The normalized spacial score (nSPS) is 23.8. The molecule has 1 aromatic carbocycles. The average molecular weight is 474 g/mol. The number of imide groups is 1. The minimum absolute atomic E-state index is 0.0115. The van der Waals surface area contributed by atoms with E-state index in [1.165, 1.54) is 0 Å². The van der Waals surface area contributed by atoms with E-state index < -0.39 is 11.6 Å². The van der Waals surface area contributed by atoms with E-state index in [9.17, 15) is 19.2 Å². The lowest BCUT2D eigenvalue weighted by atomic mass is 10.1. The van der Waals surface area contributed by atoms with Crippen molar-refractivity contribution in [3.63, 3.8) is 0 Å². The Kier molecular flexibility index (Phi) is 7.81. The summed E-state index contributed by atoms with van der Waals surface area (Å²) in [5, 5.41) is 8.35. The first-order chi connectivity index (χ1) is 15.9. The number of piperazine rings is 1. The molecular formula is C24H35N5O5. The van der Waals surface area contributed by atoms with E-state index in [4.69, 9.17) is 4.74 Å². The molecule has 3 atom stereocenters. The van der Waals surface area contributed by atoms with Crippen molar-refractivity contribution in [3.8, 4) is 0 Å². The predicted molar refractivity (Wildman–Crippen MR) is 128 cm³/mol. The van der Waals surface area contributed by atoms with Crippen molar-refractivity contribution in [1.29, 1.82) is 0 Å². The first-order valence-electron chi connectivity index (χ1n) is 11.6. The van der Waals surface area contributed by atoms with Crippen molar-refractivity contribution < 1.29 is 23.9 Å². The number of anilines is 2. The zero-order valence-corrected chi connectivity index (χ0v) is 20.5. The fraction of sp³-hybridized carbons (Fsp3) is 0.583. The van der Waals surface area contributed by atoms with Gasteiger partial charge in [-0.25, -0.2) is 4.79 Å². The van der Waals surface area contributed by atoms with Crippen LogP contribution in [0.25, 0.3) is 0 Å². The van der Waals surface area contributed by atoms with E-state index in [2.05, 4.69) is 20.9 Å². The standard InChI is InChI=1S/C24H35N5O5/c1-15-12-28(23(33)34-24(3,4)5)13-16(2)29(15)14-21(31)26-18-8-6-7-17(11-18)25-19-9-10-20(30)27-22(19)32/h6-8,11,15-16,19,25H,9-10,12-14H2,1-5H3,(H,26,31)(H,27,30,32)/t15-,16+,19?. The van der Waals surface area contributed by atoms with Crippen molar-refractivity contribution in [3.05, 3.63) is 24.3 Å². The van der Waals surface area contributed by atoms with Crippen molar-refractivity contribution in [2.24, 2.45) is 0 Å². The molecule has 0 spiro atoms. The summed E-state index contributed by atoms with van der Waals surface area (Å²) in [7, 11) is 0. The molecule has 2 aliphatic rings. The lowest BCUT2D eigenvalue weighted by molar-refractivity contribution is -0.133. The molecule has 0 bridgehead atoms. The number of ether oxygens (including phenoxy) is 1. The SMILES string of the molecule is C[C@@H]1CN(C(=O)OC(C)(C)C)C[C@H](C)N1CC(=O)Nc1cccc(NC2CCC(=O)NC2=O)c1. The van der Waals surface area contributed by atoms with Crippen LogP contribution in [0, 0.1) is 0 Å². The molecule has 0 aromatic heterocycles. The summed E-state index contributed by atoms with van der Waals surface area (Å²) in [4.78, 5) is 52.3. The Morgan fingerprint density at radius 1 is 1.12 bits per heavy atom. The van der Waals surface area contributed by atoms with Crippen LogP contribution in [0.3, 0.4) is 0 Å². The van der Waals surface area contributed by atoms with Crippen molar-refractivity contribution in [2.45, 2.75) is 71.2 Å². The van der Waals surface area contributed by atoms with Gasteiger partial charge in [0.15, 0.2) is 0 Å². The van der Waals surface area contributed by atoms with Crippen LogP contribution in [0.15, 0.2) is 24.3 Å². The van der Waals surface area contributed by atoms with Gasteiger partial charge in [0.1, 0.15) is 11.6 Å². The molecule has 34 heavy (non-hydrogen) atoms. The van der Waals surface area contributed by atoms with Crippen molar-refractivity contribution in [2.75, 3.05) is 30.3 Å². The maximum atomic E-state index is 12.8. The van der Waals surface area contributed by atoms with Gasteiger partial charge in [0, 0.05) is 43.0 Å². The number of benzene rings is 1. The van der Waals surface area contributed by atoms with Crippen LogP contribution in [0.1, 0.15) is 47.5 Å². The number of rotatable bonds is 5. The maximum absolute atomic E-state index is 12.8. The second-order valence-electron chi connectivity index (χ2n) is 10.0.